The van der Waals surface area contributed by atoms with E-state index in [-0.39, 0.29) is 11.3 Å². The van der Waals surface area contributed by atoms with Crippen molar-refractivity contribution < 1.29 is 15.0 Å². The Labute approximate surface area is 134 Å². The molecule has 21 heavy (non-hydrogen) atoms. The van der Waals surface area contributed by atoms with Gasteiger partial charge in [-0.05, 0) is 59.0 Å². The van der Waals surface area contributed by atoms with Crippen molar-refractivity contribution in [2.24, 2.45) is 0 Å². The van der Waals surface area contributed by atoms with Crippen molar-refractivity contribution in [3.8, 4) is 17.0 Å². The molecule has 0 aliphatic heterocycles. The number of carboxylic acid groups (broad SMARTS) is 1. The molecule has 3 aromatic rings. The summed E-state index contributed by atoms with van der Waals surface area (Å²) >= 11 is 2.13. The average Bonchev–Trinajstić information content (AvgIpc) is 2.46. The number of halogens is 1. The maximum Gasteiger partial charge on any atom is 0.336 e. The number of hydrogen-bond acceptors (Lipinski definition) is 3. The first-order valence-corrected chi connectivity index (χ1v) is 7.26. The predicted octanol–water partition coefficient (Wildman–Crippen LogP) is 3.91. The van der Waals surface area contributed by atoms with Crippen LogP contribution < -0.4 is 0 Å². The van der Waals surface area contributed by atoms with Gasteiger partial charge in [0.15, 0.2) is 0 Å². The number of hydrogen-bond donors (Lipinski definition) is 2. The van der Waals surface area contributed by atoms with Gasteiger partial charge in [0, 0.05) is 14.5 Å². The molecule has 0 spiro atoms. The minimum absolute atomic E-state index is 0.0752. The van der Waals surface area contributed by atoms with Crippen LogP contribution in [-0.2, 0) is 0 Å². The van der Waals surface area contributed by atoms with Crippen molar-refractivity contribution in [2.75, 3.05) is 0 Å². The maximum atomic E-state index is 11.5. The molecule has 104 valence electrons. The van der Waals surface area contributed by atoms with Gasteiger partial charge in [-0.25, -0.2) is 9.78 Å². The largest absolute Gasteiger partial charge is 0.507 e. The van der Waals surface area contributed by atoms with Crippen LogP contribution >= 0.6 is 22.6 Å². The van der Waals surface area contributed by atoms with Crippen LogP contribution in [0.3, 0.4) is 0 Å². The summed E-state index contributed by atoms with van der Waals surface area (Å²) in [4.78, 5) is 16.0. The predicted molar refractivity (Wildman–Crippen MR) is 88.5 cm³/mol. The van der Waals surface area contributed by atoms with Gasteiger partial charge in [-0.3, -0.25) is 0 Å². The van der Waals surface area contributed by atoms with Crippen molar-refractivity contribution in [2.45, 2.75) is 0 Å². The summed E-state index contributed by atoms with van der Waals surface area (Å²) in [5.74, 6) is -0.938. The summed E-state index contributed by atoms with van der Waals surface area (Å²) in [7, 11) is 0. The fraction of sp³-hybridized carbons (Fsp3) is 0. The van der Waals surface area contributed by atoms with Crippen LogP contribution in [0.4, 0.5) is 0 Å². The smallest absolute Gasteiger partial charge is 0.336 e. The normalized spacial score (nSPS) is 10.7. The second-order valence-corrected chi connectivity index (χ2v) is 5.78. The zero-order valence-corrected chi connectivity index (χ0v) is 12.9. The molecule has 2 aromatic carbocycles. The molecule has 0 aliphatic carbocycles. The lowest BCUT2D eigenvalue weighted by atomic mass is 10.0. The molecule has 0 saturated heterocycles. The summed E-state index contributed by atoms with van der Waals surface area (Å²) in [6.07, 6.45) is 0. The van der Waals surface area contributed by atoms with E-state index in [1.54, 1.807) is 36.4 Å². The molecule has 5 heteroatoms. The molecule has 1 heterocycles. The molecule has 0 radical (unpaired) electrons. The molecule has 0 atom stereocenters. The molecule has 0 saturated carbocycles. The van der Waals surface area contributed by atoms with Crippen LogP contribution in [0.5, 0.6) is 5.75 Å². The van der Waals surface area contributed by atoms with Crippen LogP contribution in [0, 0.1) is 3.57 Å². The van der Waals surface area contributed by atoms with E-state index in [4.69, 9.17) is 0 Å². The third kappa shape index (κ3) is 2.56. The third-order valence-corrected chi connectivity index (χ3v) is 3.85. The number of aromatic carboxylic acids is 1. The summed E-state index contributed by atoms with van der Waals surface area (Å²) in [6, 6.07) is 13.7. The molecular formula is C16H10INO3. The molecule has 4 nitrogen and oxygen atoms in total. The molecule has 0 bridgehead atoms. The van der Waals surface area contributed by atoms with E-state index in [0.29, 0.717) is 22.2 Å². The first kappa shape index (κ1) is 13.8. The number of aromatic hydroxyl groups is 1. The summed E-state index contributed by atoms with van der Waals surface area (Å²) < 4.78 is 0.944. The number of aromatic nitrogens is 1. The lowest BCUT2D eigenvalue weighted by molar-refractivity contribution is 0.0699. The number of nitrogens with zero attached hydrogens (tertiary/aromatic N) is 1. The molecule has 0 unspecified atom stereocenters. The summed E-state index contributed by atoms with van der Waals surface area (Å²) in [5, 5.41) is 19.9. The molecule has 1 aromatic heterocycles. The molecule has 0 aliphatic rings. The van der Waals surface area contributed by atoms with Gasteiger partial charge in [-0.2, -0.15) is 0 Å². The van der Waals surface area contributed by atoms with E-state index in [9.17, 15) is 15.0 Å². The second kappa shape index (κ2) is 5.33. The van der Waals surface area contributed by atoms with E-state index in [2.05, 4.69) is 27.6 Å². The Morgan fingerprint density at radius 3 is 2.57 bits per heavy atom. The Kier molecular flexibility index (Phi) is 3.50. The molecule has 0 amide bonds. The summed E-state index contributed by atoms with van der Waals surface area (Å²) in [5.41, 5.74) is 1.73. The number of pyridine rings is 1. The Balaban J connectivity index is 2.34. The number of para-hydroxylation sites is 1. The Bertz CT molecular complexity index is 861. The van der Waals surface area contributed by atoms with E-state index < -0.39 is 5.97 Å². The summed E-state index contributed by atoms with van der Waals surface area (Å²) in [6.45, 7) is 0. The van der Waals surface area contributed by atoms with Crippen molar-refractivity contribution >= 4 is 39.5 Å². The number of fused-ring (bicyclic) bond motifs is 1. The van der Waals surface area contributed by atoms with Gasteiger partial charge in [0.25, 0.3) is 0 Å². The topological polar surface area (TPSA) is 70.4 Å². The van der Waals surface area contributed by atoms with Gasteiger partial charge in [-0.1, -0.05) is 12.1 Å². The zero-order valence-electron chi connectivity index (χ0n) is 10.7. The van der Waals surface area contributed by atoms with Gasteiger partial charge in [0.1, 0.15) is 5.75 Å². The number of benzene rings is 2. The second-order valence-electron chi connectivity index (χ2n) is 4.54. The average molecular weight is 391 g/mol. The lowest BCUT2D eigenvalue weighted by Crippen LogP contribution is -2.00. The number of rotatable bonds is 2. The number of phenolic OH excluding ortho intramolecular Hbond substituents is 1. The fourth-order valence-corrected chi connectivity index (χ4v) is 2.69. The van der Waals surface area contributed by atoms with Crippen molar-refractivity contribution in [1.82, 2.24) is 4.98 Å². The van der Waals surface area contributed by atoms with Crippen LogP contribution in [0.15, 0.2) is 48.5 Å². The quantitative estimate of drug-likeness (QED) is 0.650. The molecular weight excluding hydrogens is 381 g/mol. The minimum atomic E-state index is -1.01. The van der Waals surface area contributed by atoms with E-state index >= 15 is 0 Å². The first-order chi connectivity index (χ1) is 10.1. The molecule has 2 N–H and O–H groups in total. The highest BCUT2D eigenvalue weighted by Gasteiger charge is 2.14. The van der Waals surface area contributed by atoms with E-state index in [0.717, 1.165) is 3.57 Å². The van der Waals surface area contributed by atoms with Gasteiger partial charge < -0.3 is 10.2 Å². The van der Waals surface area contributed by atoms with Crippen LogP contribution in [0.25, 0.3) is 22.2 Å². The first-order valence-electron chi connectivity index (χ1n) is 6.18. The van der Waals surface area contributed by atoms with Crippen LogP contribution in [0.2, 0.25) is 0 Å². The SMILES string of the molecule is O=C(O)c1cc(-c2ccccc2O)nc2ccc(I)cc12. The number of carbonyl (C=O) groups is 1. The lowest BCUT2D eigenvalue weighted by Gasteiger charge is -2.08. The Hall–Kier alpha value is -2.15. The minimum Gasteiger partial charge on any atom is -0.507 e. The standard InChI is InChI=1S/C16H10INO3/c17-9-5-6-13-11(7-9)12(16(20)21)8-14(18-13)10-3-1-2-4-15(10)19/h1-8,19H,(H,20,21). The van der Waals surface area contributed by atoms with Crippen LogP contribution in [0.1, 0.15) is 10.4 Å². The third-order valence-electron chi connectivity index (χ3n) is 3.18. The van der Waals surface area contributed by atoms with Crippen LogP contribution in [-0.4, -0.2) is 21.2 Å². The maximum absolute atomic E-state index is 11.5. The van der Waals surface area contributed by atoms with Crippen molar-refractivity contribution in [3.05, 3.63) is 57.7 Å². The van der Waals surface area contributed by atoms with Gasteiger partial charge in [0.05, 0.1) is 16.8 Å². The number of carboxylic acids is 1. The van der Waals surface area contributed by atoms with Crippen molar-refractivity contribution in [1.29, 1.82) is 0 Å². The van der Waals surface area contributed by atoms with E-state index in [1.165, 1.54) is 6.07 Å². The van der Waals surface area contributed by atoms with Gasteiger partial charge >= 0.3 is 5.97 Å². The molecule has 0 fully saturated rings. The van der Waals surface area contributed by atoms with Crippen molar-refractivity contribution in [3.63, 3.8) is 0 Å². The van der Waals surface area contributed by atoms with Gasteiger partial charge in [0.2, 0.25) is 0 Å². The van der Waals surface area contributed by atoms with E-state index in [1.807, 2.05) is 6.07 Å². The van der Waals surface area contributed by atoms with Gasteiger partial charge in [-0.15, -0.1) is 0 Å². The Morgan fingerprint density at radius 1 is 1.10 bits per heavy atom. The Morgan fingerprint density at radius 2 is 1.86 bits per heavy atom. The monoisotopic (exact) mass is 391 g/mol. The highest BCUT2D eigenvalue weighted by atomic mass is 127. The molecule has 3 rings (SSSR count). The zero-order chi connectivity index (χ0) is 15.0. The fourth-order valence-electron chi connectivity index (χ4n) is 2.20. The number of phenols is 1. The highest BCUT2D eigenvalue weighted by molar-refractivity contribution is 14.1. The highest BCUT2D eigenvalue weighted by Crippen LogP contribution is 2.31.